The average Bonchev–Trinajstić information content (AvgIpc) is 3.28. The predicted octanol–water partition coefficient (Wildman–Crippen LogP) is 4.07. The Kier molecular flexibility index (Phi) is 5.64. The topological polar surface area (TPSA) is 108 Å². The minimum atomic E-state index is -3.69. The molecule has 0 atom stereocenters. The van der Waals surface area contributed by atoms with Crippen LogP contribution in [0.25, 0.3) is 11.8 Å². The first kappa shape index (κ1) is 22.5. The molecule has 1 aromatic heterocycles. The van der Waals surface area contributed by atoms with Gasteiger partial charge in [0.1, 0.15) is 5.84 Å². The maximum atomic E-state index is 12.7. The van der Waals surface area contributed by atoms with Crippen molar-refractivity contribution in [1.29, 1.82) is 5.41 Å². The molecule has 0 bridgehead atoms. The second-order valence-corrected chi connectivity index (χ2v) is 10.7. The van der Waals surface area contributed by atoms with E-state index in [2.05, 4.69) is 9.39 Å². The van der Waals surface area contributed by atoms with E-state index in [0.29, 0.717) is 5.02 Å². The van der Waals surface area contributed by atoms with Gasteiger partial charge in [-0.25, -0.2) is 13.3 Å². The molecule has 3 heterocycles. The molecule has 8 nitrogen and oxygen atoms in total. The van der Waals surface area contributed by atoms with Crippen molar-refractivity contribution in [2.75, 3.05) is 5.75 Å². The van der Waals surface area contributed by atoms with Crippen LogP contribution in [0.5, 0.6) is 0 Å². The predicted molar refractivity (Wildman–Crippen MR) is 129 cm³/mol. The van der Waals surface area contributed by atoms with E-state index in [1.54, 1.807) is 6.08 Å². The first-order valence-corrected chi connectivity index (χ1v) is 12.5. The van der Waals surface area contributed by atoms with Crippen molar-refractivity contribution < 1.29 is 13.2 Å². The number of nitrogens with zero attached hydrogens (tertiary/aromatic N) is 4. The van der Waals surface area contributed by atoms with Crippen LogP contribution in [0.4, 0.5) is 0 Å². The van der Waals surface area contributed by atoms with Crippen LogP contribution in [-0.2, 0) is 14.6 Å². The Hall–Kier alpha value is -2.69. The second kappa shape index (κ2) is 8.02. The number of hydrogen-bond donors (Lipinski definition) is 1. The lowest BCUT2D eigenvalue weighted by molar-refractivity contribution is -0.114. The molecule has 4 rings (SSSR count). The number of rotatable bonds is 3. The van der Waals surface area contributed by atoms with Crippen LogP contribution in [-0.4, -0.2) is 45.7 Å². The number of aryl methyl sites for hydroxylation is 2. The van der Waals surface area contributed by atoms with Crippen molar-refractivity contribution >= 4 is 61.5 Å². The Bertz CT molecular complexity index is 1390. The summed E-state index contributed by atoms with van der Waals surface area (Å²) < 4.78 is 30.8. The normalized spacial score (nSPS) is 17.7. The Labute approximate surface area is 195 Å². The zero-order chi connectivity index (χ0) is 23.4. The van der Waals surface area contributed by atoms with Crippen LogP contribution >= 0.6 is 23.5 Å². The molecule has 2 aliphatic rings. The molecule has 1 aromatic carbocycles. The van der Waals surface area contributed by atoms with Gasteiger partial charge in [0.05, 0.1) is 23.3 Å². The number of fused-ring (bicyclic) bond motifs is 1. The molecule has 0 unspecified atom stereocenters. The first-order chi connectivity index (χ1) is 15.0. The van der Waals surface area contributed by atoms with Gasteiger partial charge >= 0.3 is 0 Å². The summed E-state index contributed by atoms with van der Waals surface area (Å²) in [6, 6.07) is 7.66. The lowest BCUT2D eigenvalue weighted by Gasteiger charge is -2.24. The molecule has 2 aromatic rings. The fraction of sp³-hybridized carbons (Fsp3) is 0.238. The van der Waals surface area contributed by atoms with E-state index < -0.39 is 15.7 Å². The number of carbonyl (C=O) groups excluding carboxylic acids is 1. The van der Waals surface area contributed by atoms with Crippen LogP contribution in [0.2, 0.25) is 5.02 Å². The third-order valence-corrected chi connectivity index (χ3v) is 8.15. The van der Waals surface area contributed by atoms with E-state index in [4.69, 9.17) is 17.0 Å². The number of carbonyl (C=O) groups is 1. The van der Waals surface area contributed by atoms with Gasteiger partial charge in [0, 0.05) is 22.1 Å². The Morgan fingerprint density at radius 3 is 2.59 bits per heavy atom. The summed E-state index contributed by atoms with van der Waals surface area (Å²) in [5, 5.41) is 9.01. The van der Waals surface area contributed by atoms with Crippen LogP contribution < -0.4 is 0 Å². The second-order valence-electron chi connectivity index (χ2n) is 7.41. The molecule has 32 heavy (non-hydrogen) atoms. The minimum Gasteiger partial charge on any atom is -0.318 e. The summed E-state index contributed by atoms with van der Waals surface area (Å²) in [5.74, 6) is -1.04. The molecule has 0 saturated carbocycles. The van der Waals surface area contributed by atoms with Crippen molar-refractivity contribution in [3.63, 3.8) is 0 Å². The Balaban J connectivity index is 1.78. The fourth-order valence-electron chi connectivity index (χ4n) is 3.54. The van der Waals surface area contributed by atoms with Gasteiger partial charge in [-0.1, -0.05) is 24.6 Å². The van der Waals surface area contributed by atoms with Gasteiger partial charge in [0.25, 0.3) is 5.91 Å². The van der Waals surface area contributed by atoms with E-state index in [9.17, 15) is 13.2 Å². The maximum absolute atomic E-state index is 12.7. The zero-order valence-electron chi connectivity index (χ0n) is 17.8. The van der Waals surface area contributed by atoms with Gasteiger partial charge in [0.2, 0.25) is 20.2 Å². The van der Waals surface area contributed by atoms with Crippen molar-refractivity contribution in [3.05, 3.63) is 57.4 Å². The summed E-state index contributed by atoms with van der Waals surface area (Å²) in [7, 11) is -3.69. The molecule has 1 N–H and O–H groups in total. The third kappa shape index (κ3) is 3.62. The minimum absolute atomic E-state index is 0.00237. The summed E-state index contributed by atoms with van der Waals surface area (Å²) in [6.45, 7) is 7.26. The SMILES string of the molecule is CCS(=O)(=O)C1=NSC2=NC(=O)/C(=C\c3cc(C)n(-c4ccc(C)c(Cl)c4)c3C)C(=N)N21. The summed E-state index contributed by atoms with van der Waals surface area (Å²) in [6.07, 6.45) is 1.57. The van der Waals surface area contributed by atoms with Crippen molar-refractivity contribution in [3.8, 4) is 5.69 Å². The number of sulfone groups is 1. The van der Waals surface area contributed by atoms with Gasteiger partial charge in [-0.3, -0.25) is 10.2 Å². The molecule has 11 heteroatoms. The fourth-order valence-corrected chi connectivity index (χ4v) is 5.67. The molecule has 2 aliphatic heterocycles. The van der Waals surface area contributed by atoms with E-state index in [1.807, 2.05) is 49.6 Å². The third-order valence-electron chi connectivity index (χ3n) is 5.34. The number of benzene rings is 1. The summed E-state index contributed by atoms with van der Waals surface area (Å²) in [5.41, 5.74) is 4.33. The van der Waals surface area contributed by atoms with Crippen LogP contribution in [0.3, 0.4) is 0 Å². The first-order valence-electron chi connectivity index (χ1n) is 9.72. The Morgan fingerprint density at radius 2 is 1.94 bits per heavy atom. The molecule has 0 saturated heterocycles. The van der Waals surface area contributed by atoms with Gasteiger partial charge < -0.3 is 4.57 Å². The number of aromatic nitrogens is 1. The molecule has 166 valence electrons. The monoisotopic (exact) mass is 489 g/mol. The van der Waals surface area contributed by atoms with Crippen LogP contribution in [0.1, 0.15) is 29.4 Å². The maximum Gasteiger partial charge on any atom is 0.283 e. The number of aliphatic imine (C=N–C) groups is 1. The highest BCUT2D eigenvalue weighted by molar-refractivity contribution is 8.16. The Morgan fingerprint density at radius 1 is 1.22 bits per heavy atom. The quantitative estimate of drug-likeness (QED) is 0.516. The van der Waals surface area contributed by atoms with Gasteiger partial charge in [0.15, 0.2) is 0 Å². The highest BCUT2D eigenvalue weighted by Gasteiger charge is 2.42. The van der Waals surface area contributed by atoms with Gasteiger partial charge in [-0.2, -0.15) is 9.39 Å². The average molecular weight is 490 g/mol. The molecule has 0 radical (unpaired) electrons. The zero-order valence-corrected chi connectivity index (χ0v) is 20.2. The number of halogens is 1. The number of hydrogen-bond acceptors (Lipinski definition) is 6. The van der Waals surface area contributed by atoms with Crippen LogP contribution in [0.15, 0.2) is 39.2 Å². The standard InChI is InChI=1S/C21H20ClN5O3S2/c1-5-32(29,30)21-25-31-20-24-19(28)16(18(23)27(20)21)9-14-8-12(3)26(13(14)4)15-7-6-11(2)17(22)10-15/h6-10,23H,5H2,1-4H3/b16-9-,23-18?. The molecule has 1 amide bonds. The van der Waals surface area contributed by atoms with E-state index >= 15 is 0 Å². The van der Waals surface area contributed by atoms with E-state index in [1.165, 1.54) is 6.92 Å². The number of amides is 1. The molecule has 0 spiro atoms. The van der Waals surface area contributed by atoms with E-state index in [0.717, 1.165) is 45.0 Å². The lowest BCUT2D eigenvalue weighted by Crippen LogP contribution is -2.45. The largest absolute Gasteiger partial charge is 0.318 e. The number of amidine groups is 3. The van der Waals surface area contributed by atoms with Gasteiger partial charge in [-0.15, -0.1) is 0 Å². The molecule has 0 aliphatic carbocycles. The number of nitrogens with one attached hydrogen (secondary N) is 1. The molecule has 0 fully saturated rings. The molecular formula is C21H20ClN5O3S2. The summed E-state index contributed by atoms with van der Waals surface area (Å²) >= 11 is 7.08. The van der Waals surface area contributed by atoms with Crippen LogP contribution in [0, 0.1) is 26.2 Å². The van der Waals surface area contributed by atoms with Crippen molar-refractivity contribution in [2.24, 2.45) is 9.39 Å². The smallest absolute Gasteiger partial charge is 0.283 e. The molecular weight excluding hydrogens is 470 g/mol. The van der Waals surface area contributed by atoms with Crippen molar-refractivity contribution in [2.45, 2.75) is 27.7 Å². The highest BCUT2D eigenvalue weighted by atomic mass is 35.5. The van der Waals surface area contributed by atoms with Crippen molar-refractivity contribution in [1.82, 2.24) is 9.47 Å². The van der Waals surface area contributed by atoms with E-state index in [-0.39, 0.29) is 27.5 Å². The highest BCUT2D eigenvalue weighted by Crippen LogP contribution is 2.31. The summed E-state index contributed by atoms with van der Waals surface area (Å²) in [4.78, 5) is 17.8. The van der Waals surface area contributed by atoms with Gasteiger partial charge in [-0.05, 0) is 56.2 Å². The lowest BCUT2D eigenvalue weighted by atomic mass is 10.1.